The highest BCUT2D eigenvalue weighted by molar-refractivity contribution is 8.00. The SMILES string of the molecule is CCON=C(C(=O)NC1C(=O)N2C(C(=O)[O-])=C(C[n+]3ccc(C#N)cc3)CS[C@H]12)c1nsc(N)n1. The second-order valence-corrected chi connectivity index (χ2v) is 9.17. The molecule has 2 amide bonds. The third-order valence-corrected chi connectivity index (χ3v) is 6.96. The summed E-state index contributed by atoms with van der Waals surface area (Å²) in [5.41, 5.74) is 6.05. The summed E-state index contributed by atoms with van der Waals surface area (Å²) in [6.45, 7) is 2.05. The van der Waals surface area contributed by atoms with Crippen molar-refractivity contribution >= 4 is 51.9 Å². The van der Waals surface area contributed by atoms with Gasteiger partial charge in [0.05, 0.1) is 23.3 Å². The molecule has 0 saturated carbocycles. The number of pyridine rings is 1. The molecule has 0 bridgehead atoms. The summed E-state index contributed by atoms with van der Waals surface area (Å²) in [5, 5.41) is 26.7. The van der Waals surface area contributed by atoms with Crippen molar-refractivity contribution in [3.05, 3.63) is 47.2 Å². The lowest BCUT2D eigenvalue weighted by Crippen LogP contribution is -2.71. The Morgan fingerprint density at radius 1 is 1.46 bits per heavy atom. The maximum atomic E-state index is 12.9. The van der Waals surface area contributed by atoms with Crippen LogP contribution in [0.4, 0.5) is 5.13 Å². The van der Waals surface area contributed by atoms with Gasteiger partial charge >= 0.3 is 0 Å². The summed E-state index contributed by atoms with van der Waals surface area (Å²) in [5.74, 6) is -2.60. The molecule has 180 valence electrons. The number of β-lactam (4-membered cyclic amide) rings is 1. The van der Waals surface area contributed by atoms with Gasteiger partial charge in [0.1, 0.15) is 18.0 Å². The first kappa shape index (κ1) is 24.1. The number of carboxylic acids is 1. The van der Waals surface area contributed by atoms with Crippen LogP contribution < -0.4 is 20.7 Å². The molecule has 0 radical (unpaired) electrons. The van der Waals surface area contributed by atoms with Crippen molar-refractivity contribution in [2.75, 3.05) is 18.1 Å². The maximum Gasteiger partial charge on any atom is 0.278 e. The Morgan fingerprint density at radius 3 is 2.80 bits per heavy atom. The summed E-state index contributed by atoms with van der Waals surface area (Å²) >= 11 is 2.18. The maximum absolute atomic E-state index is 12.9. The number of rotatable bonds is 8. The molecule has 15 heteroatoms. The lowest BCUT2D eigenvalue weighted by atomic mass is 10.0. The van der Waals surface area contributed by atoms with E-state index < -0.39 is 29.2 Å². The van der Waals surface area contributed by atoms with E-state index in [1.54, 1.807) is 36.0 Å². The van der Waals surface area contributed by atoms with Gasteiger partial charge in [-0.2, -0.15) is 14.6 Å². The smallest absolute Gasteiger partial charge is 0.278 e. The van der Waals surface area contributed by atoms with Crippen LogP contribution in [-0.2, 0) is 25.8 Å². The molecule has 1 unspecified atom stereocenters. The molecule has 4 heterocycles. The van der Waals surface area contributed by atoms with Crippen LogP contribution in [0.2, 0.25) is 0 Å². The van der Waals surface area contributed by atoms with Gasteiger partial charge in [0.15, 0.2) is 24.1 Å². The van der Waals surface area contributed by atoms with Gasteiger partial charge in [0.25, 0.3) is 11.8 Å². The lowest BCUT2D eigenvalue weighted by molar-refractivity contribution is -0.689. The minimum absolute atomic E-state index is 0.0459. The highest BCUT2D eigenvalue weighted by Gasteiger charge is 2.53. The Labute approximate surface area is 207 Å². The minimum Gasteiger partial charge on any atom is -0.543 e. The molecule has 1 fully saturated rings. The predicted molar refractivity (Wildman–Crippen MR) is 121 cm³/mol. The summed E-state index contributed by atoms with van der Waals surface area (Å²) in [6.07, 6.45) is 3.29. The van der Waals surface area contributed by atoms with Crippen LogP contribution in [0.3, 0.4) is 0 Å². The zero-order chi connectivity index (χ0) is 25.1. The topological polar surface area (TPSA) is 191 Å². The van der Waals surface area contributed by atoms with Gasteiger partial charge in [-0.25, -0.2) is 4.57 Å². The number of nitrogens with one attached hydrogen (secondary N) is 1. The quantitative estimate of drug-likeness (QED) is 0.174. The number of aliphatic carboxylic acids is 1. The van der Waals surface area contributed by atoms with Crippen LogP contribution in [0.25, 0.3) is 0 Å². The molecule has 0 aromatic carbocycles. The number of amides is 2. The highest BCUT2D eigenvalue weighted by atomic mass is 32.2. The van der Waals surface area contributed by atoms with Crippen molar-refractivity contribution in [2.24, 2.45) is 5.16 Å². The molecule has 35 heavy (non-hydrogen) atoms. The van der Waals surface area contributed by atoms with E-state index in [9.17, 15) is 19.5 Å². The van der Waals surface area contributed by atoms with Gasteiger partial charge in [-0.1, -0.05) is 5.16 Å². The molecule has 0 aliphatic carbocycles. The van der Waals surface area contributed by atoms with Gasteiger partial charge < -0.3 is 25.8 Å². The third kappa shape index (κ3) is 4.79. The summed E-state index contributed by atoms with van der Waals surface area (Å²) in [6, 6.07) is 4.22. The summed E-state index contributed by atoms with van der Waals surface area (Å²) in [4.78, 5) is 47.8. The molecule has 4 rings (SSSR count). The number of oxime groups is 1. The van der Waals surface area contributed by atoms with Crippen molar-refractivity contribution in [1.29, 1.82) is 5.26 Å². The summed E-state index contributed by atoms with van der Waals surface area (Å²) in [7, 11) is 0. The number of nitrogens with zero attached hydrogens (tertiary/aromatic N) is 6. The number of fused-ring (bicyclic) bond motifs is 1. The van der Waals surface area contributed by atoms with E-state index in [0.717, 1.165) is 16.4 Å². The Morgan fingerprint density at radius 2 is 2.20 bits per heavy atom. The molecule has 2 atom stereocenters. The molecular weight excluding hydrogens is 496 g/mol. The number of carboxylic acid groups (broad SMARTS) is 1. The molecule has 2 aromatic rings. The normalized spacial score (nSPS) is 19.5. The molecule has 0 spiro atoms. The number of carbonyl (C=O) groups is 3. The van der Waals surface area contributed by atoms with Gasteiger partial charge in [-0.05, 0) is 6.92 Å². The first-order chi connectivity index (χ1) is 16.8. The van der Waals surface area contributed by atoms with E-state index in [1.807, 2.05) is 6.07 Å². The molecule has 1 saturated heterocycles. The fourth-order valence-electron chi connectivity index (χ4n) is 3.50. The third-order valence-electron chi connectivity index (χ3n) is 5.07. The second-order valence-electron chi connectivity index (χ2n) is 7.29. The van der Waals surface area contributed by atoms with E-state index in [4.69, 9.17) is 15.8 Å². The van der Waals surface area contributed by atoms with Crippen molar-refractivity contribution in [3.63, 3.8) is 0 Å². The Bertz CT molecular complexity index is 1280. The Kier molecular flexibility index (Phi) is 6.94. The number of nitriles is 1. The largest absolute Gasteiger partial charge is 0.543 e. The van der Waals surface area contributed by atoms with E-state index in [-0.39, 0.29) is 35.5 Å². The van der Waals surface area contributed by atoms with Crippen LogP contribution in [-0.4, -0.2) is 61.5 Å². The van der Waals surface area contributed by atoms with E-state index in [0.29, 0.717) is 16.9 Å². The van der Waals surface area contributed by atoms with Crippen molar-refractivity contribution in [1.82, 2.24) is 19.6 Å². The monoisotopic (exact) mass is 514 g/mol. The average Bonchev–Trinajstić information content (AvgIpc) is 3.28. The van der Waals surface area contributed by atoms with E-state index in [1.165, 1.54) is 11.8 Å². The molecule has 2 aliphatic rings. The predicted octanol–water partition coefficient (Wildman–Crippen LogP) is -1.88. The van der Waals surface area contributed by atoms with Gasteiger partial charge in [0, 0.05) is 35.0 Å². The van der Waals surface area contributed by atoms with Gasteiger partial charge in [0.2, 0.25) is 11.5 Å². The fraction of sp³-hybridized carbons (Fsp3) is 0.300. The lowest BCUT2D eigenvalue weighted by Gasteiger charge is -2.50. The Hall–Kier alpha value is -4.03. The first-order valence-electron chi connectivity index (χ1n) is 10.2. The first-order valence-corrected chi connectivity index (χ1v) is 12.0. The van der Waals surface area contributed by atoms with Crippen LogP contribution in [0.1, 0.15) is 18.3 Å². The van der Waals surface area contributed by atoms with Gasteiger partial charge in [-0.3, -0.25) is 14.5 Å². The van der Waals surface area contributed by atoms with Crippen molar-refractivity contribution in [3.8, 4) is 6.07 Å². The molecule has 3 N–H and O–H groups in total. The van der Waals surface area contributed by atoms with Crippen molar-refractivity contribution < 1.29 is 28.9 Å². The van der Waals surface area contributed by atoms with Gasteiger partial charge in [-0.15, -0.1) is 11.8 Å². The number of hydrogen-bond acceptors (Lipinski definition) is 12. The number of carbonyl (C=O) groups excluding carboxylic acids is 3. The van der Waals surface area contributed by atoms with Crippen molar-refractivity contribution in [2.45, 2.75) is 24.9 Å². The van der Waals surface area contributed by atoms with Crippen LogP contribution >= 0.6 is 23.3 Å². The number of hydrogen-bond donors (Lipinski definition) is 2. The van der Waals surface area contributed by atoms with E-state index in [2.05, 4.69) is 19.8 Å². The number of nitrogens with two attached hydrogens (primary N) is 1. The van der Waals surface area contributed by atoms with Crippen LogP contribution in [0.5, 0.6) is 0 Å². The number of thioether (sulfide) groups is 1. The number of nitrogen functional groups attached to an aromatic ring is 1. The van der Waals surface area contributed by atoms with Crippen LogP contribution in [0.15, 0.2) is 41.0 Å². The highest BCUT2D eigenvalue weighted by Crippen LogP contribution is 2.40. The zero-order valence-corrected chi connectivity index (χ0v) is 19.8. The van der Waals surface area contributed by atoms with Crippen LogP contribution in [0, 0.1) is 11.3 Å². The van der Waals surface area contributed by atoms with E-state index >= 15 is 0 Å². The minimum atomic E-state index is -1.49. The molecule has 13 nitrogen and oxygen atoms in total. The summed E-state index contributed by atoms with van der Waals surface area (Å²) < 4.78 is 5.66. The number of aromatic nitrogens is 3. The average molecular weight is 515 g/mol. The fourth-order valence-corrected chi connectivity index (χ4v) is 5.27. The molecule has 2 aromatic heterocycles. The standard InChI is InChI=1S/C20H18N8O5S2/c1-2-33-25-12(15-24-20(22)35-26-15)16(29)23-13-17(30)28-14(19(31)32)11(9-34-18(13)28)8-27-5-3-10(7-21)4-6-27/h3-6,13,18H,2,8-9H2,1H3,(H3-,22,23,24,26,29,31,32)/t13?,18-/m1/s1. The second kappa shape index (κ2) is 10.1. The molecular formula is C20H18N8O5S2. The zero-order valence-electron chi connectivity index (χ0n) is 18.2. The number of anilines is 1. The molecule has 2 aliphatic heterocycles. The Balaban J connectivity index is 1.53.